The molecule has 0 aromatic heterocycles. The molecule has 0 unspecified atom stereocenters. The van der Waals surface area contributed by atoms with Crippen molar-refractivity contribution >= 4 is 11.5 Å². The van der Waals surface area contributed by atoms with Crippen LogP contribution >= 0.6 is 0 Å². The Hall–Kier alpha value is -2.49. The fourth-order valence-electron chi connectivity index (χ4n) is 1.96. The van der Waals surface area contributed by atoms with Crippen LogP contribution in [-0.2, 0) is 0 Å². The summed E-state index contributed by atoms with van der Waals surface area (Å²) in [4.78, 5) is 2.16. The van der Waals surface area contributed by atoms with Crippen LogP contribution < -0.4 is 15.4 Å². The fraction of sp³-hybridized carbons (Fsp3) is 0.235. The van der Waals surface area contributed by atoms with Crippen LogP contribution in [0, 0.1) is 12.3 Å². The second-order valence-corrected chi connectivity index (χ2v) is 5.04. The number of nitrogens with one attached hydrogen (secondary N) is 1. The molecule has 4 nitrogen and oxygen atoms in total. The molecule has 3 N–H and O–H groups in total. The molecule has 0 aliphatic carbocycles. The first-order chi connectivity index (χ1) is 10.1. The summed E-state index contributed by atoms with van der Waals surface area (Å²) in [6.07, 6.45) is 0. The van der Waals surface area contributed by atoms with Crippen molar-refractivity contribution in [2.45, 2.75) is 6.92 Å². The number of benzene rings is 2. The largest absolute Gasteiger partial charge is 0.492 e. The van der Waals surface area contributed by atoms with Crippen molar-refractivity contribution < 1.29 is 4.74 Å². The summed E-state index contributed by atoms with van der Waals surface area (Å²) in [5, 5.41) is 7.34. The molecule has 0 fully saturated rings. The summed E-state index contributed by atoms with van der Waals surface area (Å²) in [5.74, 6) is 0.859. The lowest BCUT2D eigenvalue weighted by Crippen LogP contribution is -2.23. The van der Waals surface area contributed by atoms with Crippen molar-refractivity contribution in [1.82, 2.24) is 0 Å². The Morgan fingerprint density at radius 2 is 1.71 bits per heavy atom. The van der Waals surface area contributed by atoms with Crippen molar-refractivity contribution in [3.63, 3.8) is 0 Å². The number of ether oxygens (including phenoxy) is 1. The lowest BCUT2D eigenvalue weighted by Gasteiger charge is -2.19. The molecule has 2 rings (SSSR count). The molecule has 21 heavy (non-hydrogen) atoms. The van der Waals surface area contributed by atoms with E-state index in [0.29, 0.717) is 12.2 Å². The van der Waals surface area contributed by atoms with Crippen LogP contribution in [0.4, 0.5) is 5.69 Å². The van der Waals surface area contributed by atoms with Crippen LogP contribution in [0.15, 0.2) is 48.5 Å². The van der Waals surface area contributed by atoms with Crippen LogP contribution in [-0.4, -0.2) is 26.0 Å². The van der Waals surface area contributed by atoms with Gasteiger partial charge in [0.05, 0.1) is 6.54 Å². The van der Waals surface area contributed by atoms with E-state index in [1.165, 1.54) is 11.3 Å². The number of nitrogens with zero attached hydrogens (tertiary/aromatic N) is 1. The van der Waals surface area contributed by atoms with Crippen LogP contribution in [0.1, 0.15) is 11.1 Å². The molecule has 4 heteroatoms. The van der Waals surface area contributed by atoms with Gasteiger partial charge in [-0.05, 0) is 43.3 Å². The molecule has 0 spiro atoms. The van der Waals surface area contributed by atoms with Gasteiger partial charge in [-0.15, -0.1) is 0 Å². The number of aryl methyl sites for hydroxylation is 1. The van der Waals surface area contributed by atoms with Gasteiger partial charge in [0.2, 0.25) is 0 Å². The summed E-state index contributed by atoms with van der Waals surface area (Å²) in [5.41, 5.74) is 8.56. The first kappa shape index (κ1) is 14.9. The predicted octanol–water partition coefficient (Wildman–Crippen LogP) is 2.79. The molecule has 0 atom stereocenters. The highest BCUT2D eigenvalue weighted by molar-refractivity contribution is 5.94. The molecule has 0 radical (unpaired) electrons. The third-order valence-corrected chi connectivity index (χ3v) is 3.34. The van der Waals surface area contributed by atoms with E-state index >= 15 is 0 Å². The van der Waals surface area contributed by atoms with Gasteiger partial charge in [0.15, 0.2) is 0 Å². The summed E-state index contributed by atoms with van der Waals surface area (Å²) in [7, 11) is 2.05. The van der Waals surface area contributed by atoms with Gasteiger partial charge in [0, 0.05) is 18.3 Å². The first-order valence-electron chi connectivity index (χ1n) is 6.91. The average molecular weight is 283 g/mol. The minimum absolute atomic E-state index is 0.0701. The Bertz CT molecular complexity index is 590. The Morgan fingerprint density at radius 3 is 2.29 bits per heavy atom. The monoisotopic (exact) mass is 283 g/mol. The normalized spacial score (nSPS) is 10.2. The molecular weight excluding hydrogens is 262 g/mol. The van der Waals surface area contributed by atoms with Gasteiger partial charge in [-0.25, -0.2) is 0 Å². The fourth-order valence-corrected chi connectivity index (χ4v) is 1.96. The molecule has 0 heterocycles. The lowest BCUT2D eigenvalue weighted by atomic mass is 10.2. The maximum Gasteiger partial charge on any atom is 0.122 e. The number of nitrogen functional groups attached to an aromatic ring is 1. The van der Waals surface area contributed by atoms with Crippen LogP contribution in [0.2, 0.25) is 0 Å². The van der Waals surface area contributed by atoms with Gasteiger partial charge >= 0.3 is 0 Å². The average Bonchev–Trinajstić information content (AvgIpc) is 2.48. The number of amidine groups is 1. The molecule has 0 saturated carbocycles. The second-order valence-electron chi connectivity index (χ2n) is 5.04. The van der Waals surface area contributed by atoms with Crippen molar-refractivity contribution in [2.24, 2.45) is 5.73 Å². The zero-order valence-electron chi connectivity index (χ0n) is 12.5. The van der Waals surface area contributed by atoms with E-state index in [4.69, 9.17) is 15.9 Å². The second kappa shape index (κ2) is 6.79. The Balaban J connectivity index is 1.83. The lowest BCUT2D eigenvalue weighted by molar-refractivity contribution is 0.326. The number of nitrogens with two attached hydrogens (primary N) is 1. The van der Waals surface area contributed by atoms with E-state index in [0.717, 1.165) is 12.3 Å². The zero-order valence-corrected chi connectivity index (χ0v) is 12.5. The molecule has 0 aliphatic rings. The highest BCUT2D eigenvalue weighted by atomic mass is 16.5. The number of hydrogen-bond donors (Lipinski definition) is 2. The summed E-state index contributed by atoms with van der Waals surface area (Å²) < 4.78 is 5.70. The molecule has 0 amide bonds. The summed E-state index contributed by atoms with van der Waals surface area (Å²) >= 11 is 0. The maximum absolute atomic E-state index is 7.34. The van der Waals surface area contributed by atoms with E-state index in [9.17, 15) is 0 Å². The molecular formula is C17H21N3O. The third-order valence-electron chi connectivity index (χ3n) is 3.34. The Morgan fingerprint density at radius 1 is 1.10 bits per heavy atom. The minimum Gasteiger partial charge on any atom is -0.492 e. The van der Waals surface area contributed by atoms with Crippen LogP contribution in [0.25, 0.3) is 0 Å². The minimum atomic E-state index is 0.0701. The van der Waals surface area contributed by atoms with E-state index in [2.05, 4.69) is 36.1 Å². The van der Waals surface area contributed by atoms with Gasteiger partial charge in [-0.2, -0.15) is 0 Å². The van der Waals surface area contributed by atoms with E-state index in [1.807, 2.05) is 19.2 Å². The van der Waals surface area contributed by atoms with Crippen molar-refractivity contribution in [2.75, 3.05) is 25.1 Å². The summed E-state index contributed by atoms with van der Waals surface area (Å²) in [6.45, 7) is 3.49. The molecule has 0 saturated heterocycles. The van der Waals surface area contributed by atoms with Crippen molar-refractivity contribution in [3.8, 4) is 5.75 Å². The third kappa shape index (κ3) is 4.24. The number of hydrogen-bond acceptors (Lipinski definition) is 3. The van der Waals surface area contributed by atoms with Gasteiger partial charge in [0.25, 0.3) is 0 Å². The quantitative estimate of drug-likeness (QED) is 0.633. The maximum atomic E-state index is 7.34. The highest BCUT2D eigenvalue weighted by Crippen LogP contribution is 2.14. The zero-order chi connectivity index (χ0) is 15.2. The molecule has 2 aromatic rings. The molecule has 110 valence electrons. The first-order valence-corrected chi connectivity index (χ1v) is 6.91. The smallest absolute Gasteiger partial charge is 0.122 e. The summed E-state index contributed by atoms with van der Waals surface area (Å²) in [6, 6.07) is 15.7. The topological polar surface area (TPSA) is 62.3 Å². The Labute approximate surface area is 125 Å². The van der Waals surface area contributed by atoms with Gasteiger partial charge in [-0.3, -0.25) is 5.41 Å². The number of rotatable bonds is 6. The molecule has 0 bridgehead atoms. The number of likely N-dealkylation sites (N-methyl/N-ethyl adjacent to an activating group) is 1. The van der Waals surface area contributed by atoms with Gasteiger partial charge in [0.1, 0.15) is 18.2 Å². The van der Waals surface area contributed by atoms with Crippen molar-refractivity contribution in [1.29, 1.82) is 5.41 Å². The van der Waals surface area contributed by atoms with E-state index in [-0.39, 0.29) is 5.84 Å². The SMILES string of the molecule is Cc1ccc(N(C)CCOc2ccc(C(=N)N)cc2)cc1. The van der Waals surface area contributed by atoms with Crippen molar-refractivity contribution in [3.05, 3.63) is 59.7 Å². The standard InChI is InChI=1S/C17H21N3O/c1-13-3-7-15(8-4-13)20(2)11-12-21-16-9-5-14(6-10-16)17(18)19/h3-10H,11-12H2,1-2H3,(H3,18,19). The van der Waals surface area contributed by atoms with Crippen LogP contribution in [0.3, 0.4) is 0 Å². The molecule has 0 aliphatic heterocycles. The van der Waals surface area contributed by atoms with Gasteiger partial charge < -0.3 is 15.4 Å². The van der Waals surface area contributed by atoms with Crippen LogP contribution in [0.5, 0.6) is 5.75 Å². The molecule has 2 aromatic carbocycles. The predicted molar refractivity (Wildman–Crippen MR) is 87.4 cm³/mol. The van der Waals surface area contributed by atoms with E-state index in [1.54, 1.807) is 12.1 Å². The number of anilines is 1. The van der Waals surface area contributed by atoms with Gasteiger partial charge in [-0.1, -0.05) is 17.7 Å². The Kier molecular flexibility index (Phi) is 4.82. The van der Waals surface area contributed by atoms with E-state index < -0.39 is 0 Å². The highest BCUT2D eigenvalue weighted by Gasteiger charge is 2.02.